The van der Waals surface area contributed by atoms with Crippen molar-refractivity contribution in [2.24, 2.45) is 0 Å². The number of fused-ring (bicyclic) bond motifs is 1. The van der Waals surface area contributed by atoms with Gasteiger partial charge in [0.1, 0.15) is 6.04 Å². The van der Waals surface area contributed by atoms with Crippen molar-refractivity contribution in [1.29, 1.82) is 0 Å². The zero-order chi connectivity index (χ0) is 24.7. The number of aliphatic carboxylic acids is 1. The Hall–Kier alpha value is -3.09. The molecule has 0 saturated heterocycles. The maximum absolute atomic E-state index is 13.4. The first-order chi connectivity index (χ1) is 16.0. The van der Waals surface area contributed by atoms with Gasteiger partial charge in [0.05, 0.1) is 15.5 Å². The molecular formula is C22H17F3N2O5S2. The highest BCUT2D eigenvalue weighted by atomic mass is 32.2. The molecule has 2 aromatic carbocycles. The summed E-state index contributed by atoms with van der Waals surface area (Å²) in [6.45, 7) is -0.385. The lowest BCUT2D eigenvalue weighted by atomic mass is 9.99. The number of sulfonamides is 1. The summed E-state index contributed by atoms with van der Waals surface area (Å²) >= 11 is 1.02. The molecule has 0 amide bonds. The van der Waals surface area contributed by atoms with Gasteiger partial charge in [0.25, 0.3) is 5.56 Å². The third kappa shape index (κ3) is 4.61. The minimum absolute atomic E-state index is 0.00965. The smallest absolute Gasteiger partial charge is 0.416 e. The number of benzene rings is 2. The summed E-state index contributed by atoms with van der Waals surface area (Å²) in [5.41, 5.74) is -1.21. The number of thioether (sulfide) groups is 1. The Morgan fingerprint density at radius 3 is 2.47 bits per heavy atom. The summed E-state index contributed by atoms with van der Waals surface area (Å²) in [6.07, 6.45) is -4.63. The van der Waals surface area contributed by atoms with E-state index in [1.165, 1.54) is 36.4 Å². The molecule has 0 fully saturated rings. The van der Waals surface area contributed by atoms with Crippen LogP contribution in [0, 0.1) is 0 Å². The fraction of sp³-hybridized carbons (Fsp3) is 0.182. The Balaban J connectivity index is 1.85. The second-order valence-corrected chi connectivity index (χ2v) is 10.2. The third-order valence-electron chi connectivity index (χ3n) is 5.25. The van der Waals surface area contributed by atoms with Crippen LogP contribution in [0.2, 0.25) is 0 Å². The van der Waals surface area contributed by atoms with Gasteiger partial charge in [-0.2, -0.15) is 13.2 Å². The van der Waals surface area contributed by atoms with Crippen molar-refractivity contribution in [2.75, 3.05) is 5.75 Å². The van der Waals surface area contributed by atoms with E-state index >= 15 is 0 Å². The van der Waals surface area contributed by atoms with E-state index in [1.807, 2.05) is 0 Å². The van der Waals surface area contributed by atoms with Crippen LogP contribution in [-0.4, -0.2) is 29.8 Å². The van der Waals surface area contributed by atoms with Gasteiger partial charge in [0.2, 0.25) is 10.0 Å². The molecule has 34 heavy (non-hydrogen) atoms. The van der Waals surface area contributed by atoms with Gasteiger partial charge in [-0.3, -0.25) is 9.36 Å². The molecule has 0 aliphatic carbocycles. The first-order valence-electron chi connectivity index (χ1n) is 9.85. The quantitative estimate of drug-likeness (QED) is 0.524. The Labute approximate surface area is 196 Å². The molecule has 12 heteroatoms. The number of carboxylic acids is 1. The van der Waals surface area contributed by atoms with Gasteiger partial charge < -0.3 is 5.11 Å². The number of aromatic nitrogens is 1. The molecule has 7 nitrogen and oxygen atoms in total. The topological polar surface area (TPSA) is 105 Å². The number of nitrogens with zero attached hydrogens (tertiary/aromatic N) is 1. The molecule has 4 rings (SSSR count). The minimum atomic E-state index is -4.63. The lowest BCUT2D eigenvalue weighted by Crippen LogP contribution is -2.30. The lowest BCUT2D eigenvalue weighted by Gasteiger charge is -2.18. The van der Waals surface area contributed by atoms with Crippen LogP contribution in [0.25, 0.3) is 11.1 Å². The second-order valence-electron chi connectivity index (χ2n) is 7.44. The highest BCUT2D eigenvalue weighted by Gasteiger charge is 2.35. The van der Waals surface area contributed by atoms with E-state index in [0.717, 1.165) is 34.5 Å². The van der Waals surface area contributed by atoms with E-state index in [4.69, 9.17) is 0 Å². The molecular weight excluding hydrogens is 493 g/mol. The lowest BCUT2D eigenvalue weighted by molar-refractivity contribution is -0.140. The summed E-state index contributed by atoms with van der Waals surface area (Å²) in [5, 5.41) is 9.66. The van der Waals surface area contributed by atoms with Gasteiger partial charge in [-0.25, -0.2) is 17.9 Å². The van der Waals surface area contributed by atoms with Crippen molar-refractivity contribution in [1.82, 2.24) is 9.29 Å². The van der Waals surface area contributed by atoms with Crippen molar-refractivity contribution in [3.8, 4) is 11.1 Å². The van der Waals surface area contributed by atoms with Gasteiger partial charge in [-0.1, -0.05) is 30.3 Å². The number of halogens is 3. The summed E-state index contributed by atoms with van der Waals surface area (Å²) in [7, 11) is -3.98. The van der Waals surface area contributed by atoms with E-state index in [-0.39, 0.29) is 38.9 Å². The zero-order valence-corrected chi connectivity index (χ0v) is 18.9. The number of rotatable bonds is 6. The summed E-state index contributed by atoms with van der Waals surface area (Å²) in [4.78, 5) is 24.4. The van der Waals surface area contributed by atoms with Crippen molar-refractivity contribution in [3.63, 3.8) is 0 Å². The Morgan fingerprint density at radius 2 is 1.82 bits per heavy atom. The van der Waals surface area contributed by atoms with Crippen LogP contribution in [0.3, 0.4) is 0 Å². The van der Waals surface area contributed by atoms with Crippen LogP contribution < -0.4 is 10.3 Å². The maximum atomic E-state index is 13.4. The Morgan fingerprint density at radius 1 is 1.12 bits per heavy atom. The maximum Gasteiger partial charge on any atom is 0.416 e. The molecule has 1 aliphatic rings. The summed E-state index contributed by atoms with van der Waals surface area (Å²) in [6, 6.07) is 11.7. The van der Waals surface area contributed by atoms with Crippen molar-refractivity contribution in [2.45, 2.75) is 28.7 Å². The molecule has 0 saturated carbocycles. The highest BCUT2D eigenvalue weighted by molar-refractivity contribution is 7.99. The second kappa shape index (κ2) is 8.93. The number of carboxylic acid groups (broad SMARTS) is 1. The number of hydrogen-bond acceptors (Lipinski definition) is 5. The predicted octanol–water partition coefficient (Wildman–Crippen LogP) is 3.74. The van der Waals surface area contributed by atoms with Gasteiger partial charge in [-0.15, -0.1) is 11.8 Å². The minimum Gasteiger partial charge on any atom is -0.480 e. The third-order valence-corrected chi connectivity index (χ3v) is 7.82. The highest BCUT2D eigenvalue weighted by Crippen LogP contribution is 2.42. The van der Waals surface area contributed by atoms with Crippen molar-refractivity contribution < 1.29 is 31.5 Å². The van der Waals surface area contributed by atoms with Crippen LogP contribution in [-0.2, 0) is 27.5 Å². The number of alkyl halides is 3. The molecule has 1 aromatic heterocycles. The SMILES string of the molecule is O=C(O)[C@@H]1CSc2c(-c3cccc(C(F)(F)F)c3)c(CNS(=O)(=O)c3ccccc3)cc(=O)n21. The molecule has 0 spiro atoms. The number of hydrogen-bond donors (Lipinski definition) is 2. The fourth-order valence-electron chi connectivity index (χ4n) is 3.65. The molecule has 3 aromatic rings. The van der Waals surface area contributed by atoms with Crippen LogP contribution in [0.15, 0.2) is 75.4 Å². The normalized spacial score (nSPS) is 15.8. The average Bonchev–Trinajstić information content (AvgIpc) is 3.24. The average molecular weight is 511 g/mol. The molecule has 1 atom stereocenters. The van der Waals surface area contributed by atoms with Gasteiger partial charge in [0.15, 0.2) is 0 Å². The van der Waals surface area contributed by atoms with E-state index < -0.39 is 39.3 Å². The number of nitrogens with one attached hydrogen (secondary N) is 1. The van der Waals surface area contributed by atoms with E-state index in [0.29, 0.717) is 0 Å². The van der Waals surface area contributed by atoms with E-state index in [9.17, 15) is 36.3 Å². The fourth-order valence-corrected chi connectivity index (χ4v) is 6.04. The van der Waals surface area contributed by atoms with Gasteiger partial charge >= 0.3 is 12.1 Å². The molecule has 0 bridgehead atoms. The molecule has 0 unspecified atom stereocenters. The van der Waals surface area contributed by atoms with Crippen molar-refractivity contribution in [3.05, 3.63) is 82.1 Å². The summed E-state index contributed by atoms with van der Waals surface area (Å²) < 4.78 is 68.8. The molecule has 2 N–H and O–H groups in total. The van der Waals surface area contributed by atoms with Crippen LogP contribution in [0.1, 0.15) is 17.2 Å². The summed E-state index contributed by atoms with van der Waals surface area (Å²) in [5.74, 6) is -1.24. The van der Waals surface area contributed by atoms with Crippen LogP contribution >= 0.6 is 11.8 Å². The van der Waals surface area contributed by atoms with E-state index in [1.54, 1.807) is 6.07 Å². The standard InChI is InChI=1S/C22H17F3N2O5S2/c23-22(24,25)15-6-4-5-13(9-15)19-14(11-26-34(31,32)16-7-2-1-3-8-16)10-18(28)27-17(21(29)30)12-33-20(19)27/h1-10,17,26H,11-12H2,(H,29,30)/t17-/m0/s1. The molecule has 178 valence electrons. The van der Waals surface area contributed by atoms with Crippen LogP contribution in [0.5, 0.6) is 0 Å². The Bertz CT molecular complexity index is 1420. The number of carbonyl (C=O) groups is 1. The first kappa shape index (κ1) is 24.0. The van der Waals surface area contributed by atoms with E-state index in [2.05, 4.69) is 4.72 Å². The monoisotopic (exact) mass is 510 g/mol. The first-order valence-corrected chi connectivity index (χ1v) is 12.3. The van der Waals surface area contributed by atoms with Crippen molar-refractivity contribution >= 4 is 27.8 Å². The van der Waals surface area contributed by atoms with Crippen LogP contribution in [0.4, 0.5) is 13.2 Å². The predicted molar refractivity (Wildman–Crippen MR) is 119 cm³/mol. The molecule has 1 aliphatic heterocycles. The molecule has 2 heterocycles. The van der Waals surface area contributed by atoms with Gasteiger partial charge in [0, 0.05) is 23.9 Å². The number of pyridine rings is 1. The molecule has 0 radical (unpaired) electrons. The zero-order valence-electron chi connectivity index (χ0n) is 17.2. The Kier molecular flexibility index (Phi) is 6.32. The van der Waals surface area contributed by atoms with Gasteiger partial charge in [-0.05, 0) is 35.4 Å². The largest absolute Gasteiger partial charge is 0.480 e.